The first kappa shape index (κ1) is 9.70. The van der Waals surface area contributed by atoms with Gasteiger partial charge in [0.2, 0.25) is 0 Å². The first-order valence-electron chi connectivity index (χ1n) is 5.89. The van der Waals surface area contributed by atoms with E-state index >= 15 is 0 Å². The van der Waals surface area contributed by atoms with Gasteiger partial charge < -0.3 is 10.6 Å². The topological polar surface area (TPSA) is 46.3 Å². The highest BCUT2D eigenvalue weighted by atomic mass is 16.2. The van der Waals surface area contributed by atoms with Crippen LogP contribution in [0.1, 0.15) is 29.9 Å². The van der Waals surface area contributed by atoms with Gasteiger partial charge in [0, 0.05) is 12.6 Å². The second kappa shape index (κ2) is 3.51. The summed E-state index contributed by atoms with van der Waals surface area (Å²) in [6.07, 6.45) is 3.10. The second-order valence-electron chi connectivity index (χ2n) is 4.81. The fraction of sp³-hybridized carbons (Fsp3) is 0.462. The molecule has 2 unspecified atom stereocenters. The average molecular weight is 216 g/mol. The van der Waals surface area contributed by atoms with Gasteiger partial charge in [-0.05, 0) is 36.3 Å². The Morgan fingerprint density at radius 2 is 2.19 bits per heavy atom. The molecule has 3 rings (SSSR count). The first-order valence-corrected chi connectivity index (χ1v) is 5.89. The molecule has 1 saturated heterocycles. The number of hydrogen-bond donors (Lipinski definition) is 1. The fourth-order valence-corrected chi connectivity index (χ4v) is 3.19. The van der Waals surface area contributed by atoms with Crippen LogP contribution in [-0.4, -0.2) is 23.5 Å². The quantitative estimate of drug-likeness (QED) is 0.707. The largest absolute Gasteiger partial charge is 0.351 e. The van der Waals surface area contributed by atoms with Crippen LogP contribution in [-0.2, 0) is 6.42 Å². The monoisotopic (exact) mass is 216 g/mol. The van der Waals surface area contributed by atoms with E-state index in [4.69, 9.17) is 5.73 Å². The SMILES string of the molecule is NC(=O)N1CCC2CC1Cc1ccccc12. The molecule has 3 heteroatoms. The molecule has 2 N–H and O–H groups in total. The highest BCUT2D eigenvalue weighted by Crippen LogP contribution is 2.39. The summed E-state index contributed by atoms with van der Waals surface area (Å²) in [4.78, 5) is 13.2. The van der Waals surface area contributed by atoms with E-state index in [1.54, 1.807) is 0 Å². The molecule has 3 nitrogen and oxygen atoms in total. The Morgan fingerprint density at radius 3 is 3.00 bits per heavy atom. The van der Waals surface area contributed by atoms with Crippen molar-refractivity contribution in [1.29, 1.82) is 0 Å². The number of fused-ring (bicyclic) bond motifs is 4. The van der Waals surface area contributed by atoms with Crippen LogP contribution >= 0.6 is 0 Å². The molecule has 0 aromatic heterocycles. The Morgan fingerprint density at radius 1 is 1.38 bits per heavy atom. The number of primary amides is 1. The van der Waals surface area contributed by atoms with Crippen LogP contribution in [0.4, 0.5) is 4.79 Å². The van der Waals surface area contributed by atoms with E-state index in [1.807, 2.05) is 4.90 Å². The zero-order valence-electron chi connectivity index (χ0n) is 9.23. The molecular formula is C13H16N2O. The lowest BCUT2D eigenvalue weighted by Gasteiger charge is -2.43. The van der Waals surface area contributed by atoms with Crippen LogP contribution in [0.3, 0.4) is 0 Å². The molecule has 16 heavy (non-hydrogen) atoms. The Balaban J connectivity index is 1.95. The van der Waals surface area contributed by atoms with Crippen LogP contribution in [0.5, 0.6) is 0 Å². The number of benzene rings is 1. The van der Waals surface area contributed by atoms with E-state index in [-0.39, 0.29) is 6.03 Å². The van der Waals surface area contributed by atoms with E-state index in [0.717, 1.165) is 25.8 Å². The van der Waals surface area contributed by atoms with Crippen molar-refractivity contribution in [3.63, 3.8) is 0 Å². The average Bonchev–Trinajstić information content (AvgIpc) is 2.29. The van der Waals surface area contributed by atoms with Gasteiger partial charge in [-0.2, -0.15) is 0 Å². The number of rotatable bonds is 0. The van der Waals surface area contributed by atoms with Crippen LogP contribution < -0.4 is 5.73 Å². The van der Waals surface area contributed by atoms with Gasteiger partial charge in [-0.3, -0.25) is 0 Å². The van der Waals surface area contributed by atoms with Crippen molar-refractivity contribution in [2.75, 3.05) is 6.54 Å². The third-order valence-electron chi connectivity index (χ3n) is 3.95. The number of amides is 2. The fourth-order valence-electron chi connectivity index (χ4n) is 3.19. The van der Waals surface area contributed by atoms with E-state index in [9.17, 15) is 4.79 Å². The Labute approximate surface area is 95.2 Å². The second-order valence-corrected chi connectivity index (χ2v) is 4.81. The van der Waals surface area contributed by atoms with Gasteiger partial charge in [-0.15, -0.1) is 0 Å². The summed E-state index contributed by atoms with van der Waals surface area (Å²) in [5, 5.41) is 0. The number of hydrogen-bond acceptors (Lipinski definition) is 1. The summed E-state index contributed by atoms with van der Waals surface area (Å²) >= 11 is 0. The third kappa shape index (κ3) is 1.39. The van der Waals surface area contributed by atoms with Crippen molar-refractivity contribution in [2.45, 2.75) is 31.2 Å². The lowest BCUT2D eigenvalue weighted by atomic mass is 9.75. The van der Waals surface area contributed by atoms with Crippen molar-refractivity contribution >= 4 is 6.03 Å². The minimum absolute atomic E-state index is 0.261. The van der Waals surface area contributed by atoms with Crippen molar-refractivity contribution in [1.82, 2.24) is 4.90 Å². The molecule has 2 atom stereocenters. The van der Waals surface area contributed by atoms with Crippen molar-refractivity contribution < 1.29 is 4.79 Å². The summed E-state index contributed by atoms with van der Waals surface area (Å²) in [6, 6.07) is 8.66. The molecule has 0 spiro atoms. The summed E-state index contributed by atoms with van der Waals surface area (Å²) in [6.45, 7) is 0.818. The van der Waals surface area contributed by atoms with Gasteiger partial charge in [0.15, 0.2) is 0 Å². The van der Waals surface area contributed by atoms with Gasteiger partial charge >= 0.3 is 6.03 Å². The molecular weight excluding hydrogens is 200 g/mol. The van der Waals surface area contributed by atoms with E-state index < -0.39 is 0 Å². The number of carbonyl (C=O) groups excluding carboxylic acids is 1. The molecule has 1 aliphatic carbocycles. The number of carbonyl (C=O) groups is 1. The molecule has 0 radical (unpaired) electrons. The standard InChI is InChI=1S/C13H16N2O/c14-13(16)15-6-5-10-8-11(15)7-9-3-1-2-4-12(9)10/h1-4,10-11H,5-8H2,(H2,14,16). The highest BCUT2D eigenvalue weighted by Gasteiger charge is 2.35. The van der Waals surface area contributed by atoms with E-state index in [1.165, 1.54) is 11.1 Å². The smallest absolute Gasteiger partial charge is 0.315 e. The van der Waals surface area contributed by atoms with Crippen LogP contribution in [0.2, 0.25) is 0 Å². The lowest BCUT2D eigenvalue weighted by molar-refractivity contribution is 0.143. The molecule has 1 aromatic rings. The van der Waals surface area contributed by atoms with Crippen LogP contribution in [0.15, 0.2) is 24.3 Å². The van der Waals surface area contributed by atoms with Gasteiger partial charge in [-0.1, -0.05) is 24.3 Å². The van der Waals surface area contributed by atoms with E-state index in [2.05, 4.69) is 24.3 Å². The maximum Gasteiger partial charge on any atom is 0.315 e. The Hall–Kier alpha value is -1.51. The zero-order valence-corrected chi connectivity index (χ0v) is 9.23. The number of nitrogens with zero attached hydrogens (tertiary/aromatic N) is 1. The van der Waals surface area contributed by atoms with Gasteiger partial charge in [-0.25, -0.2) is 4.79 Å². The first-order chi connectivity index (χ1) is 7.75. The summed E-state index contributed by atoms with van der Waals surface area (Å²) < 4.78 is 0. The van der Waals surface area contributed by atoms with E-state index in [0.29, 0.717) is 12.0 Å². The number of piperidine rings is 1. The van der Waals surface area contributed by atoms with Gasteiger partial charge in [0.25, 0.3) is 0 Å². The molecule has 1 heterocycles. The van der Waals surface area contributed by atoms with Gasteiger partial charge in [0.05, 0.1) is 0 Å². The zero-order chi connectivity index (χ0) is 11.1. The Kier molecular flexibility index (Phi) is 2.13. The molecule has 2 bridgehead atoms. The van der Waals surface area contributed by atoms with Gasteiger partial charge in [0.1, 0.15) is 0 Å². The molecule has 1 fully saturated rings. The minimum atomic E-state index is -0.261. The molecule has 1 aromatic carbocycles. The maximum atomic E-state index is 11.3. The maximum absolute atomic E-state index is 11.3. The molecule has 84 valence electrons. The molecule has 1 aliphatic heterocycles. The summed E-state index contributed by atoms with van der Waals surface area (Å²) in [7, 11) is 0. The predicted molar refractivity (Wildman–Crippen MR) is 62.2 cm³/mol. The lowest BCUT2D eigenvalue weighted by Crippen LogP contribution is -2.50. The number of urea groups is 1. The molecule has 2 amide bonds. The van der Waals surface area contributed by atoms with Crippen LogP contribution in [0.25, 0.3) is 0 Å². The van der Waals surface area contributed by atoms with Crippen LogP contribution in [0, 0.1) is 0 Å². The summed E-state index contributed by atoms with van der Waals surface area (Å²) in [5.41, 5.74) is 8.30. The molecule has 0 saturated carbocycles. The van der Waals surface area contributed by atoms with Crippen molar-refractivity contribution in [3.8, 4) is 0 Å². The highest BCUT2D eigenvalue weighted by molar-refractivity contribution is 5.72. The minimum Gasteiger partial charge on any atom is -0.351 e. The molecule has 2 aliphatic rings. The normalized spacial score (nSPS) is 27.4. The number of likely N-dealkylation sites (tertiary alicyclic amines) is 1. The van der Waals surface area contributed by atoms with Crippen molar-refractivity contribution in [2.24, 2.45) is 5.73 Å². The Bertz CT molecular complexity index is 430. The number of nitrogens with two attached hydrogens (primary N) is 1. The predicted octanol–water partition coefficient (Wildman–Crippen LogP) is 1.87. The summed E-state index contributed by atoms with van der Waals surface area (Å²) in [5.74, 6) is 0.630. The van der Waals surface area contributed by atoms with Crippen molar-refractivity contribution in [3.05, 3.63) is 35.4 Å². The third-order valence-corrected chi connectivity index (χ3v) is 3.95.